The van der Waals surface area contributed by atoms with E-state index in [1.807, 2.05) is 0 Å². The molecule has 1 heterocycles. The number of amides is 2. The van der Waals surface area contributed by atoms with Gasteiger partial charge in [-0.05, 0) is 48.7 Å². The van der Waals surface area contributed by atoms with Crippen molar-refractivity contribution in [3.05, 3.63) is 83.4 Å². The van der Waals surface area contributed by atoms with E-state index >= 15 is 0 Å². The van der Waals surface area contributed by atoms with E-state index in [0.29, 0.717) is 52.5 Å². The number of carbonyl (C=O) groups is 2. The Balaban J connectivity index is 1.49. The van der Waals surface area contributed by atoms with Gasteiger partial charge in [-0.2, -0.15) is 0 Å². The molecule has 0 saturated carbocycles. The van der Waals surface area contributed by atoms with Crippen LogP contribution in [-0.4, -0.2) is 31.2 Å². The van der Waals surface area contributed by atoms with E-state index in [-0.39, 0.29) is 17.6 Å². The van der Waals surface area contributed by atoms with E-state index < -0.39 is 11.6 Å². The molecular formula is C25H22F2N2O3S. The van der Waals surface area contributed by atoms with Crippen molar-refractivity contribution in [1.82, 2.24) is 0 Å². The third-order valence-electron chi connectivity index (χ3n) is 5.32. The summed E-state index contributed by atoms with van der Waals surface area (Å²) in [5.74, 6) is -1.70. The highest BCUT2D eigenvalue weighted by Gasteiger charge is 2.27. The number of aryl methyl sites for hydroxylation is 1. The molecule has 5 nitrogen and oxygen atoms in total. The maximum absolute atomic E-state index is 13.9. The lowest BCUT2D eigenvalue weighted by Crippen LogP contribution is -2.36. The Kier molecular flexibility index (Phi) is 6.93. The molecular weight excluding hydrogens is 446 g/mol. The number of hydrogen-bond donors (Lipinski definition) is 1. The van der Waals surface area contributed by atoms with Gasteiger partial charge in [0.15, 0.2) is 11.6 Å². The van der Waals surface area contributed by atoms with Gasteiger partial charge in [-0.3, -0.25) is 9.59 Å². The van der Waals surface area contributed by atoms with Crippen molar-refractivity contribution in [1.29, 1.82) is 0 Å². The lowest BCUT2D eigenvalue weighted by atomic mass is 10.0. The van der Waals surface area contributed by atoms with E-state index in [4.69, 9.17) is 4.74 Å². The number of nitrogens with one attached hydrogen (secondary N) is 1. The van der Waals surface area contributed by atoms with Gasteiger partial charge in [0.05, 0.1) is 24.1 Å². The summed E-state index contributed by atoms with van der Waals surface area (Å²) in [6, 6.07) is 16.3. The summed E-state index contributed by atoms with van der Waals surface area (Å²) in [6.07, 6.45) is 1.24. The van der Waals surface area contributed by atoms with E-state index in [0.717, 1.165) is 12.1 Å². The molecule has 170 valence electrons. The van der Waals surface area contributed by atoms with Crippen LogP contribution in [0, 0.1) is 11.6 Å². The first kappa shape index (κ1) is 22.8. The van der Waals surface area contributed by atoms with Gasteiger partial charge in [-0.25, -0.2) is 8.78 Å². The molecule has 8 heteroatoms. The largest absolute Gasteiger partial charge is 0.497 e. The van der Waals surface area contributed by atoms with Gasteiger partial charge in [0, 0.05) is 29.3 Å². The summed E-state index contributed by atoms with van der Waals surface area (Å²) in [4.78, 5) is 27.9. The average Bonchev–Trinajstić information content (AvgIpc) is 2.83. The minimum atomic E-state index is -0.981. The summed E-state index contributed by atoms with van der Waals surface area (Å²) in [5, 5.41) is 2.81. The predicted molar refractivity (Wildman–Crippen MR) is 125 cm³/mol. The number of halogens is 2. The van der Waals surface area contributed by atoms with Crippen LogP contribution in [0.15, 0.2) is 65.6 Å². The molecule has 0 spiro atoms. The first-order valence-electron chi connectivity index (χ1n) is 10.4. The van der Waals surface area contributed by atoms with E-state index in [9.17, 15) is 18.4 Å². The molecule has 0 bridgehead atoms. The second-order valence-corrected chi connectivity index (χ2v) is 8.54. The Bertz CT molecular complexity index is 1200. The molecule has 0 aromatic heterocycles. The van der Waals surface area contributed by atoms with Gasteiger partial charge < -0.3 is 15.0 Å². The normalized spacial score (nSPS) is 12.8. The minimum absolute atomic E-state index is 0.0952. The fourth-order valence-corrected chi connectivity index (χ4v) is 4.59. The van der Waals surface area contributed by atoms with Crippen molar-refractivity contribution in [2.75, 3.05) is 29.6 Å². The van der Waals surface area contributed by atoms with Crippen molar-refractivity contribution in [2.45, 2.75) is 17.7 Å². The van der Waals surface area contributed by atoms with Crippen molar-refractivity contribution < 1.29 is 23.1 Å². The van der Waals surface area contributed by atoms with Crippen LogP contribution < -0.4 is 15.0 Å². The van der Waals surface area contributed by atoms with Crippen LogP contribution in [0.25, 0.3) is 0 Å². The standard InChI is InChI=1S/C25H22F2N2O3S/c1-32-18-8-4-7-17(13-18)28-24(30)15-33-23-10-3-2-9-19(23)25(31)29-11-5-6-16-12-20(26)21(27)14-22(16)29/h2-4,7-10,12-14H,5-6,11,15H2,1H3,(H,28,30). The van der Waals surface area contributed by atoms with Crippen molar-refractivity contribution in [2.24, 2.45) is 0 Å². The second-order valence-electron chi connectivity index (χ2n) is 7.52. The predicted octanol–water partition coefficient (Wildman–Crippen LogP) is 5.30. The molecule has 1 aliphatic rings. The Labute approximate surface area is 194 Å². The van der Waals surface area contributed by atoms with Crippen molar-refractivity contribution >= 4 is 35.0 Å². The van der Waals surface area contributed by atoms with Crippen molar-refractivity contribution in [3.8, 4) is 5.75 Å². The zero-order valence-corrected chi connectivity index (χ0v) is 18.8. The molecule has 1 aliphatic heterocycles. The molecule has 0 radical (unpaired) electrons. The van der Waals surface area contributed by atoms with E-state index in [1.165, 1.54) is 16.7 Å². The number of benzene rings is 3. The fraction of sp³-hybridized carbons (Fsp3) is 0.200. The molecule has 3 aromatic rings. The Morgan fingerprint density at radius 2 is 1.85 bits per heavy atom. The number of carbonyl (C=O) groups excluding carboxylic acids is 2. The van der Waals surface area contributed by atoms with Crippen LogP contribution in [0.1, 0.15) is 22.3 Å². The van der Waals surface area contributed by atoms with Crippen LogP contribution in [0.2, 0.25) is 0 Å². The quantitative estimate of drug-likeness (QED) is 0.499. The molecule has 33 heavy (non-hydrogen) atoms. The summed E-state index contributed by atoms with van der Waals surface area (Å²) >= 11 is 1.24. The van der Waals surface area contributed by atoms with E-state index in [1.54, 1.807) is 55.6 Å². The van der Waals surface area contributed by atoms with Gasteiger partial charge in [-0.15, -0.1) is 11.8 Å². The Morgan fingerprint density at radius 1 is 1.06 bits per heavy atom. The second kappa shape index (κ2) is 10.0. The van der Waals surface area contributed by atoms with Crippen LogP contribution in [0.4, 0.5) is 20.2 Å². The first-order valence-corrected chi connectivity index (χ1v) is 11.4. The molecule has 3 aromatic carbocycles. The number of methoxy groups -OCH3 is 1. The molecule has 0 aliphatic carbocycles. The number of fused-ring (bicyclic) bond motifs is 1. The Morgan fingerprint density at radius 3 is 2.67 bits per heavy atom. The maximum atomic E-state index is 13.9. The number of thioether (sulfide) groups is 1. The maximum Gasteiger partial charge on any atom is 0.259 e. The monoisotopic (exact) mass is 468 g/mol. The molecule has 4 rings (SSSR count). The zero-order chi connectivity index (χ0) is 23.4. The number of hydrogen-bond acceptors (Lipinski definition) is 4. The van der Waals surface area contributed by atoms with Crippen LogP contribution in [0.5, 0.6) is 5.75 Å². The van der Waals surface area contributed by atoms with Crippen LogP contribution in [0.3, 0.4) is 0 Å². The average molecular weight is 469 g/mol. The highest BCUT2D eigenvalue weighted by Crippen LogP contribution is 2.32. The lowest BCUT2D eigenvalue weighted by molar-refractivity contribution is -0.113. The highest BCUT2D eigenvalue weighted by molar-refractivity contribution is 8.00. The van der Waals surface area contributed by atoms with Crippen molar-refractivity contribution in [3.63, 3.8) is 0 Å². The smallest absolute Gasteiger partial charge is 0.259 e. The number of anilines is 2. The number of ether oxygens (including phenoxy) is 1. The van der Waals surface area contributed by atoms with Gasteiger partial charge in [0.25, 0.3) is 5.91 Å². The van der Waals surface area contributed by atoms with Gasteiger partial charge >= 0.3 is 0 Å². The van der Waals surface area contributed by atoms with Gasteiger partial charge in [-0.1, -0.05) is 18.2 Å². The molecule has 1 N–H and O–H groups in total. The fourth-order valence-electron chi connectivity index (χ4n) is 3.74. The minimum Gasteiger partial charge on any atom is -0.497 e. The topological polar surface area (TPSA) is 58.6 Å². The molecule has 0 unspecified atom stereocenters. The molecule has 0 fully saturated rings. The van der Waals surface area contributed by atoms with E-state index in [2.05, 4.69) is 5.32 Å². The zero-order valence-electron chi connectivity index (χ0n) is 17.9. The number of nitrogens with zero attached hydrogens (tertiary/aromatic N) is 1. The van der Waals surface area contributed by atoms with Gasteiger partial charge in [0.1, 0.15) is 5.75 Å². The summed E-state index contributed by atoms with van der Waals surface area (Å²) in [7, 11) is 1.55. The first-order chi connectivity index (χ1) is 16.0. The van der Waals surface area contributed by atoms with Crippen LogP contribution in [-0.2, 0) is 11.2 Å². The molecule has 0 saturated heterocycles. The molecule has 2 amide bonds. The highest BCUT2D eigenvalue weighted by atomic mass is 32.2. The SMILES string of the molecule is COc1cccc(NC(=O)CSc2ccccc2C(=O)N2CCCc3cc(F)c(F)cc32)c1. The van der Waals surface area contributed by atoms with Gasteiger partial charge in [0.2, 0.25) is 5.91 Å². The summed E-state index contributed by atoms with van der Waals surface area (Å²) < 4.78 is 32.7. The summed E-state index contributed by atoms with van der Waals surface area (Å²) in [5.41, 5.74) is 2.02. The lowest BCUT2D eigenvalue weighted by Gasteiger charge is -2.30. The Hall–Kier alpha value is -3.39. The third-order valence-corrected chi connectivity index (χ3v) is 6.39. The summed E-state index contributed by atoms with van der Waals surface area (Å²) in [6.45, 7) is 0.409. The third kappa shape index (κ3) is 5.17. The number of rotatable bonds is 6. The van der Waals surface area contributed by atoms with Crippen LogP contribution >= 0.6 is 11.8 Å². The molecule has 0 atom stereocenters.